The summed E-state index contributed by atoms with van der Waals surface area (Å²) in [5, 5.41) is 18.0. The molecule has 0 radical (unpaired) electrons. The first-order valence-corrected chi connectivity index (χ1v) is 12.6. The Morgan fingerprint density at radius 2 is 1.61 bits per heavy atom. The molecule has 0 aliphatic carbocycles. The van der Waals surface area contributed by atoms with Gasteiger partial charge < -0.3 is 30.7 Å². The molecular weight excluding hydrogens is 464 g/mol. The van der Waals surface area contributed by atoms with E-state index in [-0.39, 0.29) is 61.4 Å². The van der Waals surface area contributed by atoms with E-state index in [0.29, 0.717) is 18.6 Å². The minimum absolute atomic E-state index is 0.109. The zero-order chi connectivity index (χ0) is 26.4. The number of benzene rings is 1. The lowest BCUT2D eigenvalue weighted by Gasteiger charge is -2.36. The van der Waals surface area contributed by atoms with Crippen molar-refractivity contribution in [3.05, 3.63) is 29.8 Å². The molecule has 10 heteroatoms. The van der Waals surface area contributed by atoms with E-state index in [4.69, 9.17) is 4.74 Å². The van der Waals surface area contributed by atoms with Gasteiger partial charge in [0.15, 0.2) is 0 Å². The summed E-state index contributed by atoms with van der Waals surface area (Å²) in [6.07, 6.45) is 0.167. The van der Waals surface area contributed by atoms with E-state index in [0.717, 1.165) is 0 Å². The molecule has 3 rings (SSSR count). The number of nitrogens with one attached hydrogen (secondary N) is 3. The molecule has 0 saturated carbocycles. The molecule has 36 heavy (non-hydrogen) atoms. The number of ether oxygens (including phenoxy) is 1. The lowest BCUT2D eigenvalue weighted by Crippen LogP contribution is -2.58. The number of fused-ring (bicyclic) bond motifs is 1. The van der Waals surface area contributed by atoms with E-state index < -0.39 is 30.0 Å². The van der Waals surface area contributed by atoms with Crippen LogP contribution in [0.1, 0.15) is 57.3 Å². The largest absolute Gasteiger partial charge is 0.491 e. The lowest BCUT2D eigenvalue weighted by atomic mass is 10.00. The number of likely N-dealkylation sites (tertiary alicyclic amines) is 1. The van der Waals surface area contributed by atoms with Crippen molar-refractivity contribution in [3.63, 3.8) is 0 Å². The summed E-state index contributed by atoms with van der Waals surface area (Å²) in [6.45, 7) is 8.52. The minimum Gasteiger partial charge on any atom is -0.491 e. The predicted molar refractivity (Wildman–Crippen MR) is 133 cm³/mol. The summed E-state index contributed by atoms with van der Waals surface area (Å²) < 4.78 is 5.99. The number of carbonyl (C=O) groups excluding carboxylic acids is 4. The molecule has 1 aromatic carbocycles. The molecular formula is C26H38N4O6. The third-order valence-electron chi connectivity index (χ3n) is 6.23. The number of para-hydroxylation sites is 1. The maximum atomic E-state index is 13.3. The Morgan fingerprint density at radius 1 is 0.972 bits per heavy atom. The Bertz CT molecular complexity index is 960. The molecule has 1 saturated heterocycles. The Morgan fingerprint density at radius 3 is 2.25 bits per heavy atom. The zero-order valence-electron chi connectivity index (χ0n) is 21.5. The van der Waals surface area contributed by atoms with Crippen LogP contribution in [0.2, 0.25) is 0 Å². The number of aliphatic hydroxyl groups is 1. The average Bonchev–Trinajstić information content (AvgIpc) is 2.78. The van der Waals surface area contributed by atoms with Crippen molar-refractivity contribution >= 4 is 23.6 Å². The highest BCUT2D eigenvalue weighted by Gasteiger charge is 2.35. The van der Waals surface area contributed by atoms with Gasteiger partial charge in [0.1, 0.15) is 24.4 Å². The summed E-state index contributed by atoms with van der Waals surface area (Å²) in [5.74, 6) is -1.15. The van der Waals surface area contributed by atoms with Gasteiger partial charge in [-0.25, -0.2) is 0 Å². The second kappa shape index (κ2) is 12.2. The van der Waals surface area contributed by atoms with Crippen molar-refractivity contribution in [2.45, 2.75) is 71.2 Å². The maximum absolute atomic E-state index is 13.3. The van der Waals surface area contributed by atoms with Gasteiger partial charge in [-0.15, -0.1) is 0 Å². The maximum Gasteiger partial charge on any atom is 0.255 e. The van der Waals surface area contributed by atoms with E-state index >= 15 is 0 Å². The van der Waals surface area contributed by atoms with E-state index in [1.165, 1.54) is 4.90 Å². The van der Waals surface area contributed by atoms with Crippen LogP contribution in [0.15, 0.2) is 24.3 Å². The molecule has 4 N–H and O–H groups in total. The van der Waals surface area contributed by atoms with Gasteiger partial charge in [-0.3, -0.25) is 19.2 Å². The van der Waals surface area contributed by atoms with Crippen LogP contribution in [0, 0.1) is 11.8 Å². The smallest absolute Gasteiger partial charge is 0.255 e. The van der Waals surface area contributed by atoms with E-state index in [1.807, 2.05) is 27.7 Å². The first-order chi connectivity index (χ1) is 17.0. The van der Waals surface area contributed by atoms with Crippen molar-refractivity contribution in [2.75, 3.05) is 19.7 Å². The monoisotopic (exact) mass is 502 g/mol. The van der Waals surface area contributed by atoms with Crippen LogP contribution >= 0.6 is 0 Å². The number of hydrogen-bond donors (Lipinski definition) is 4. The van der Waals surface area contributed by atoms with Crippen LogP contribution in [0.4, 0.5) is 0 Å². The quantitative estimate of drug-likeness (QED) is 0.455. The van der Waals surface area contributed by atoms with Crippen LogP contribution in [0.25, 0.3) is 0 Å². The van der Waals surface area contributed by atoms with Crippen molar-refractivity contribution in [2.24, 2.45) is 11.8 Å². The summed E-state index contributed by atoms with van der Waals surface area (Å²) in [7, 11) is 0. The number of aliphatic hydroxyl groups excluding tert-OH is 1. The number of nitrogens with zero attached hydrogens (tertiary/aromatic N) is 1. The molecule has 1 aromatic rings. The van der Waals surface area contributed by atoms with Crippen molar-refractivity contribution in [1.29, 1.82) is 0 Å². The Labute approximate surface area is 212 Å². The van der Waals surface area contributed by atoms with Gasteiger partial charge in [0.05, 0.1) is 24.1 Å². The molecule has 2 heterocycles. The van der Waals surface area contributed by atoms with Crippen LogP contribution in [0.5, 0.6) is 5.75 Å². The molecule has 198 valence electrons. The van der Waals surface area contributed by atoms with Gasteiger partial charge in [-0.05, 0) is 36.8 Å². The third-order valence-corrected chi connectivity index (χ3v) is 6.23. The molecule has 10 nitrogen and oxygen atoms in total. The number of rotatable bonds is 6. The van der Waals surface area contributed by atoms with Gasteiger partial charge in [0, 0.05) is 13.1 Å². The standard InChI is InChI=1S/C26H38N4O6/c1-15(2)9-17-14-36-22-8-6-5-7-19(22)24(33)28-21(11-23(32)30-12-18(31)13-30)26(35)29-20(10-16(3)4)25(34)27-17/h5-8,15-18,20-21,31H,9-14H2,1-4H3,(H,27,34)(H,28,33)(H,29,35)/t17-,20-,21-/m0/s1. The van der Waals surface area contributed by atoms with Crippen LogP contribution in [0.3, 0.4) is 0 Å². The summed E-state index contributed by atoms with van der Waals surface area (Å²) >= 11 is 0. The van der Waals surface area contributed by atoms with Crippen LogP contribution in [-0.2, 0) is 14.4 Å². The first-order valence-electron chi connectivity index (χ1n) is 12.6. The Hall–Kier alpha value is -3.14. The molecule has 3 atom stereocenters. The number of β-amino-alcohol motifs (C(OH)–C–C–N with tert-alkyl or cyclic N) is 1. The fraction of sp³-hybridized carbons (Fsp3) is 0.615. The van der Waals surface area contributed by atoms with Crippen molar-refractivity contribution in [3.8, 4) is 5.75 Å². The fourth-order valence-corrected chi connectivity index (χ4v) is 4.39. The SMILES string of the molecule is CC(C)C[C@H]1COc2ccccc2C(=O)N[C@@H](CC(=O)N2CC(O)C2)C(=O)N[C@@H](CC(C)C)C(=O)N1. The second-order valence-electron chi connectivity index (χ2n) is 10.5. The minimum atomic E-state index is -1.20. The first kappa shape index (κ1) is 27.4. The highest BCUT2D eigenvalue weighted by molar-refractivity contribution is 6.01. The fourth-order valence-electron chi connectivity index (χ4n) is 4.39. The van der Waals surface area contributed by atoms with Crippen LogP contribution in [-0.4, -0.2) is 77.6 Å². The van der Waals surface area contributed by atoms with E-state index in [9.17, 15) is 24.3 Å². The normalized spacial score (nSPS) is 23.8. The Balaban J connectivity index is 1.92. The summed E-state index contributed by atoms with van der Waals surface area (Å²) in [4.78, 5) is 54.0. The highest BCUT2D eigenvalue weighted by Crippen LogP contribution is 2.20. The molecule has 2 aliphatic heterocycles. The molecule has 1 fully saturated rings. The number of carbonyl (C=O) groups is 4. The van der Waals surface area contributed by atoms with E-state index in [1.54, 1.807) is 24.3 Å². The molecule has 0 spiro atoms. The average molecular weight is 503 g/mol. The van der Waals surface area contributed by atoms with Crippen molar-refractivity contribution in [1.82, 2.24) is 20.9 Å². The predicted octanol–water partition coefficient (Wildman–Crippen LogP) is 0.832. The molecule has 0 bridgehead atoms. The Kier molecular flexibility index (Phi) is 9.31. The second-order valence-corrected chi connectivity index (χ2v) is 10.5. The zero-order valence-corrected chi connectivity index (χ0v) is 21.5. The van der Waals surface area contributed by atoms with E-state index in [2.05, 4.69) is 16.0 Å². The van der Waals surface area contributed by atoms with Gasteiger partial charge in [0.25, 0.3) is 5.91 Å². The number of amides is 4. The van der Waals surface area contributed by atoms with Gasteiger partial charge in [0.2, 0.25) is 17.7 Å². The topological polar surface area (TPSA) is 137 Å². The lowest BCUT2D eigenvalue weighted by molar-refractivity contribution is -0.143. The van der Waals surface area contributed by atoms with Gasteiger partial charge in [-0.2, -0.15) is 0 Å². The van der Waals surface area contributed by atoms with Gasteiger partial charge >= 0.3 is 0 Å². The summed E-state index contributed by atoms with van der Waals surface area (Å²) in [6, 6.07) is 4.31. The molecule has 2 aliphatic rings. The highest BCUT2D eigenvalue weighted by atomic mass is 16.5. The van der Waals surface area contributed by atoms with Gasteiger partial charge in [-0.1, -0.05) is 39.8 Å². The van der Waals surface area contributed by atoms with Crippen molar-refractivity contribution < 1.29 is 29.0 Å². The molecule has 0 unspecified atom stereocenters. The third kappa shape index (κ3) is 7.43. The molecule has 4 amide bonds. The van der Waals surface area contributed by atoms with Crippen LogP contribution < -0.4 is 20.7 Å². The molecule has 0 aromatic heterocycles. The summed E-state index contributed by atoms with van der Waals surface area (Å²) in [5.41, 5.74) is 0.231. The number of hydrogen-bond acceptors (Lipinski definition) is 6.